The molecule has 0 saturated heterocycles. The van der Waals surface area contributed by atoms with Gasteiger partial charge in [0.1, 0.15) is 11.5 Å². The Balaban J connectivity index is 1.98. The molecule has 0 aliphatic heterocycles. The lowest BCUT2D eigenvalue weighted by molar-refractivity contribution is -0.117. The molecule has 0 atom stereocenters. The molecule has 0 unspecified atom stereocenters. The second-order valence-corrected chi connectivity index (χ2v) is 6.04. The van der Waals surface area contributed by atoms with E-state index in [0.717, 1.165) is 10.6 Å². The highest BCUT2D eigenvalue weighted by atomic mass is 32.2. The van der Waals surface area contributed by atoms with Crippen LogP contribution in [0.15, 0.2) is 39.6 Å². The molecular formula is C17H20N2O3S. The number of carbonyl (C=O) groups is 2. The van der Waals surface area contributed by atoms with Crippen molar-refractivity contribution in [1.29, 1.82) is 0 Å². The Morgan fingerprint density at radius 1 is 1.26 bits per heavy atom. The molecule has 2 amide bonds. The van der Waals surface area contributed by atoms with E-state index in [4.69, 9.17) is 4.42 Å². The van der Waals surface area contributed by atoms with Gasteiger partial charge in [-0.3, -0.25) is 9.59 Å². The van der Waals surface area contributed by atoms with Crippen molar-refractivity contribution in [2.45, 2.75) is 18.7 Å². The smallest absolute Gasteiger partial charge is 0.255 e. The SMILES string of the molecule is CSc1cccc(N(C)C(=O)CNC(=O)c2cc(C)oc2C)c1. The Hall–Kier alpha value is -2.21. The van der Waals surface area contributed by atoms with Gasteiger partial charge in [0.15, 0.2) is 0 Å². The zero-order valence-electron chi connectivity index (χ0n) is 13.7. The molecule has 1 aromatic carbocycles. The molecule has 1 N–H and O–H groups in total. The molecular weight excluding hydrogens is 312 g/mol. The van der Waals surface area contributed by atoms with Crippen LogP contribution in [0, 0.1) is 13.8 Å². The van der Waals surface area contributed by atoms with Crippen LogP contribution in [0.4, 0.5) is 5.69 Å². The second-order valence-electron chi connectivity index (χ2n) is 5.16. The summed E-state index contributed by atoms with van der Waals surface area (Å²) < 4.78 is 5.33. The number of furan rings is 1. The van der Waals surface area contributed by atoms with Gasteiger partial charge < -0.3 is 14.6 Å². The lowest BCUT2D eigenvalue weighted by Crippen LogP contribution is -2.38. The summed E-state index contributed by atoms with van der Waals surface area (Å²) in [6.45, 7) is 3.44. The monoisotopic (exact) mass is 332 g/mol. The quantitative estimate of drug-likeness (QED) is 0.855. The van der Waals surface area contributed by atoms with Gasteiger partial charge in [-0.2, -0.15) is 0 Å². The Labute approximate surface area is 140 Å². The maximum Gasteiger partial charge on any atom is 0.255 e. The molecule has 0 aliphatic carbocycles. The van der Waals surface area contributed by atoms with E-state index in [2.05, 4.69) is 5.32 Å². The van der Waals surface area contributed by atoms with Crippen LogP contribution in [-0.2, 0) is 4.79 Å². The number of anilines is 1. The highest BCUT2D eigenvalue weighted by Crippen LogP contribution is 2.21. The molecule has 0 radical (unpaired) electrons. The summed E-state index contributed by atoms with van der Waals surface area (Å²) in [5.41, 5.74) is 1.26. The van der Waals surface area contributed by atoms with E-state index in [1.807, 2.05) is 30.5 Å². The van der Waals surface area contributed by atoms with Gasteiger partial charge in [0.2, 0.25) is 5.91 Å². The van der Waals surface area contributed by atoms with Gasteiger partial charge in [-0.15, -0.1) is 11.8 Å². The Bertz CT molecular complexity index is 724. The first-order valence-electron chi connectivity index (χ1n) is 7.18. The number of amides is 2. The lowest BCUT2D eigenvalue weighted by Gasteiger charge is -2.18. The molecule has 122 valence electrons. The number of nitrogens with zero attached hydrogens (tertiary/aromatic N) is 1. The van der Waals surface area contributed by atoms with Crippen LogP contribution in [0.3, 0.4) is 0 Å². The van der Waals surface area contributed by atoms with Crippen molar-refractivity contribution in [2.24, 2.45) is 0 Å². The third-order valence-electron chi connectivity index (χ3n) is 3.50. The molecule has 23 heavy (non-hydrogen) atoms. The average molecular weight is 332 g/mol. The minimum atomic E-state index is -0.307. The van der Waals surface area contributed by atoms with Gasteiger partial charge in [-0.1, -0.05) is 6.07 Å². The molecule has 5 nitrogen and oxygen atoms in total. The summed E-state index contributed by atoms with van der Waals surface area (Å²) in [4.78, 5) is 27.0. The van der Waals surface area contributed by atoms with Crippen molar-refractivity contribution in [3.8, 4) is 0 Å². The van der Waals surface area contributed by atoms with Crippen molar-refractivity contribution < 1.29 is 14.0 Å². The number of thioether (sulfide) groups is 1. The van der Waals surface area contributed by atoms with E-state index < -0.39 is 0 Å². The van der Waals surface area contributed by atoms with Crippen LogP contribution < -0.4 is 10.2 Å². The second kappa shape index (κ2) is 7.37. The molecule has 1 heterocycles. The van der Waals surface area contributed by atoms with Crippen molar-refractivity contribution in [3.05, 3.63) is 47.4 Å². The highest BCUT2D eigenvalue weighted by molar-refractivity contribution is 7.98. The first-order chi connectivity index (χ1) is 10.9. The van der Waals surface area contributed by atoms with Gasteiger partial charge in [-0.25, -0.2) is 0 Å². The fourth-order valence-electron chi connectivity index (χ4n) is 2.19. The van der Waals surface area contributed by atoms with Gasteiger partial charge in [-0.05, 0) is 44.4 Å². The van der Waals surface area contributed by atoms with E-state index in [1.165, 1.54) is 4.90 Å². The van der Waals surface area contributed by atoms with E-state index in [0.29, 0.717) is 17.1 Å². The number of hydrogen-bond acceptors (Lipinski definition) is 4. The van der Waals surface area contributed by atoms with Gasteiger partial charge in [0.05, 0.1) is 12.1 Å². The summed E-state index contributed by atoms with van der Waals surface area (Å²) in [5, 5.41) is 2.64. The predicted molar refractivity (Wildman–Crippen MR) is 92.1 cm³/mol. The van der Waals surface area contributed by atoms with Crippen LogP contribution in [0.25, 0.3) is 0 Å². The number of likely N-dealkylation sites (N-methyl/N-ethyl adjacent to an activating group) is 1. The van der Waals surface area contributed by atoms with Crippen molar-refractivity contribution in [2.75, 3.05) is 24.7 Å². The molecule has 2 aromatic rings. The number of nitrogens with one attached hydrogen (secondary N) is 1. The molecule has 0 bridgehead atoms. The van der Waals surface area contributed by atoms with Gasteiger partial charge in [0, 0.05) is 17.6 Å². The minimum absolute atomic E-state index is 0.0670. The molecule has 6 heteroatoms. The van der Waals surface area contributed by atoms with E-state index in [9.17, 15) is 9.59 Å². The molecule has 0 spiro atoms. The number of hydrogen-bond donors (Lipinski definition) is 1. The van der Waals surface area contributed by atoms with Crippen molar-refractivity contribution >= 4 is 29.3 Å². The number of benzene rings is 1. The average Bonchev–Trinajstić information content (AvgIpc) is 2.90. The summed E-state index contributed by atoms with van der Waals surface area (Å²) in [6.07, 6.45) is 1.98. The number of carbonyl (C=O) groups excluding carboxylic acids is 2. The first-order valence-corrected chi connectivity index (χ1v) is 8.40. The third kappa shape index (κ3) is 4.16. The Kier molecular flexibility index (Phi) is 5.50. The Morgan fingerprint density at radius 3 is 2.61 bits per heavy atom. The Morgan fingerprint density at radius 2 is 2.00 bits per heavy atom. The first kappa shape index (κ1) is 17.1. The summed E-state index contributed by atoms with van der Waals surface area (Å²) >= 11 is 1.61. The molecule has 0 aliphatic rings. The normalized spacial score (nSPS) is 10.4. The standard InChI is InChI=1S/C17H20N2O3S/c1-11-8-15(12(2)22-11)17(21)18-10-16(20)19(3)13-6-5-7-14(9-13)23-4/h5-9H,10H2,1-4H3,(H,18,21). The molecule has 0 fully saturated rings. The molecule has 2 rings (SSSR count). The van der Waals surface area contributed by atoms with E-state index in [-0.39, 0.29) is 18.4 Å². The largest absolute Gasteiger partial charge is 0.466 e. The van der Waals surface area contributed by atoms with Crippen molar-refractivity contribution in [1.82, 2.24) is 5.32 Å². The highest BCUT2D eigenvalue weighted by Gasteiger charge is 2.16. The summed E-state index contributed by atoms with van der Waals surface area (Å²) in [7, 11) is 1.70. The lowest BCUT2D eigenvalue weighted by atomic mass is 10.2. The summed E-state index contributed by atoms with van der Waals surface area (Å²) in [5.74, 6) is 0.729. The zero-order valence-corrected chi connectivity index (χ0v) is 14.5. The maximum atomic E-state index is 12.2. The third-order valence-corrected chi connectivity index (χ3v) is 4.23. The van der Waals surface area contributed by atoms with Crippen LogP contribution in [0.2, 0.25) is 0 Å². The van der Waals surface area contributed by atoms with E-state index in [1.54, 1.807) is 38.7 Å². The van der Waals surface area contributed by atoms with Crippen LogP contribution >= 0.6 is 11.8 Å². The van der Waals surface area contributed by atoms with Gasteiger partial charge >= 0.3 is 0 Å². The van der Waals surface area contributed by atoms with Crippen LogP contribution in [0.1, 0.15) is 21.9 Å². The fraction of sp³-hybridized carbons (Fsp3) is 0.294. The van der Waals surface area contributed by atoms with E-state index >= 15 is 0 Å². The van der Waals surface area contributed by atoms with Crippen LogP contribution in [0.5, 0.6) is 0 Å². The molecule has 1 aromatic heterocycles. The van der Waals surface area contributed by atoms with Crippen molar-refractivity contribution in [3.63, 3.8) is 0 Å². The molecule has 0 saturated carbocycles. The number of aryl methyl sites for hydroxylation is 2. The predicted octanol–water partition coefficient (Wildman–Crippen LogP) is 3.01. The summed E-state index contributed by atoms with van der Waals surface area (Å²) in [6, 6.07) is 9.36. The maximum absolute atomic E-state index is 12.2. The topological polar surface area (TPSA) is 62.6 Å². The minimum Gasteiger partial charge on any atom is -0.466 e. The van der Waals surface area contributed by atoms with Gasteiger partial charge in [0.25, 0.3) is 5.91 Å². The number of rotatable bonds is 5. The zero-order chi connectivity index (χ0) is 17.0. The van der Waals surface area contributed by atoms with Crippen LogP contribution in [-0.4, -0.2) is 31.7 Å². The fourth-order valence-corrected chi connectivity index (χ4v) is 2.64.